The number of piperidine rings is 1. The van der Waals surface area contributed by atoms with E-state index in [2.05, 4.69) is 35.8 Å². The van der Waals surface area contributed by atoms with Gasteiger partial charge in [-0.05, 0) is 55.5 Å². The van der Waals surface area contributed by atoms with Crippen LogP contribution in [0.15, 0.2) is 18.2 Å². The molecule has 2 aliphatic rings. The summed E-state index contributed by atoms with van der Waals surface area (Å²) in [7, 11) is 0. The molecule has 1 aromatic rings. The van der Waals surface area contributed by atoms with E-state index in [9.17, 15) is 0 Å². The zero-order valence-corrected chi connectivity index (χ0v) is 13.5. The molecular formula is C18H29N3. The average molecular weight is 287 g/mol. The standard InChI is InChI=1S/C18H29N3/c1-14(2)12-20-9-6-16(7-10-20)21-11-8-17-15(13-21)4-3-5-18(17)19/h3-5,14,16H,6-13,19H2,1-2H3. The molecule has 0 saturated carbocycles. The topological polar surface area (TPSA) is 32.5 Å². The Morgan fingerprint density at radius 3 is 2.67 bits per heavy atom. The molecule has 2 aliphatic heterocycles. The molecule has 1 aromatic carbocycles. The van der Waals surface area contributed by atoms with E-state index in [1.807, 2.05) is 6.07 Å². The van der Waals surface area contributed by atoms with E-state index in [0.717, 1.165) is 30.6 Å². The Labute approximate surface area is 129 Å². The van der Waals surface area contributed by atoms with Crippen LogP contribution in [0.25, 0.3) is 0 Å². The van der Waals surface area contributed by atoms with Crippen LogP contribution in [-0.4, -0.2) is 42.0 Å². The van der Waals surface area contributed by atoms with Crippen LogP contribution >= 0.6 is 0 Å². The monoisotopic (exact) mass is 287 g/mol. The third kappa shape index (κ3) is 3.41. The molecule has 3 nitrogen and oxygen atoms in total. The normalized spacial score (nSPS) is 21.7. The molecule has 21 heavy (non-hydrogen) atoms. The summed E-state index contributed by atoms with van der Waals surface area (Å²) in [6.07, 6.45) is 3.77. The number of nitrogens with zero attached hydrogens (tertiary/aromatic N) is 2. The Balaban J connectivity index is 1.58. The van der Waals surface area contributed by atoms with Gasteiger partial charge in [0.25, 0.3) is 0 Å². The molecule has 0 radical (unpaired) electrons. The first kappa shape index (κ1) is 14.9. The van der Waals surface area contributed by atoms with Crippen molar-refractivity contribution < 1.29 is 0 Å². The lowest BCUT2D eigenvalue weighted by molar-refractivity contribution is 0.0927. The third-order valence-electron chi connectivity index (χ3n) is 5.03. The van der Waals surface area contributed by atoms with Gasteiger partial charge in [-0.2, -0.15) is 0 Å². The van der Waals surface area contributed by atoms with Gasteiger partial charge in [0.05, 0.1) is 0 Å². The SMILES string of the molecule is CC(C)CN1CCC(N2CCc3c(N)cccc3C2)CC1. The first-order valence-corrected chi connectivity index (χ1v) is 8.46. The van der Waals surface area contributed by atoms with Crippen LogP contribution in [0.3, 0.4) is 0 Å². The highest BCUT2D eigenvalue weighted by atomic mass is 15.2. The summed E-state index contributed by atoms with van der Waals surface area (Å²) in [5.41, 5.74) is 9.93. The van der Waals surface area contributed by atoms with Crippen LogP contribution in [0.5, 0.6) is 0 Å². The van der Waals surface area contributed by atoms with Crippen LogP contribution < -0.4 is 5.73 Å². The molecule has 0 aromatic heterocycles. The van der Waals surface area contributed by atoms with Gasteiger partial charge in [-0.25, -0.2) is 0 Å². The Hall–Kier alpha value is -1.06. The minimum Gasteiger partial charge on any atom is -0.398 e. The molecule has 2 N–H and O–H groups in total. The second kappa shape index (κ2) is 6.37. The highest BCUT2D eigenvalue weighted by molar-refractivity contribution is 5.51. The number of hydrogen-bond acceptors (Lipinski definition) is 3. The molecule has 0 atom stereocenters. The van der Waals surface area contributed by atoms with Crippen molar-refractivity contribution in [2.45, 2.75) is 45.7 Å². The van der Waals surface area contributed by atoms with Crippen molar-refractivity contribution in [1.29, 1.82) is 0 Å². The minimum absolute atomic E-state index is 0.767. The fourth-order valence-corrected chi connectivity index (χ4v) is 3.96. The number of nitrogen functional groups attached to an aromatic ring is 1. The van der Waals surface area contributed by atoms with E-state index in [1.165, 1.54) is 50.1 Å². The molecule has 116 valence electrons. The van der Waals surface area contributed by atoms with Crippen LogP contribution in [0.1, 0.15) is 37.8 Å². The molecule has 0 bridgehead atoms. The van der Waals surface area contributed by atoms with Crippen molar-refractivity contribution in [3.8, 4) is 0 Å². The zero-order chi connectivity index (χ0) is 14.8. The van der Waals surface area contributed by atoms with Gasteiger partial charge in [0.2, 0.25) is 0 Å². The van der Waals surface area contributed by atoms with Crippen molar-refractivity contribution in [3.63, 3.8) is 0 Å². The molecule has 2 heterocycles. The Morgan fingerprint density at radius 2 is 1.95 bits per heavy atom. The van der Waals surface area contributed by atoms with Crippen molar-refractivity contribution in [2.75, 3.05) is 31.9 Å². The van der Waals surface area contributed by atoms with Gasteiger partial charge in [-0.15, -0.1) is 0 Å². The summed E-state index contributed by atoms with van der Waals surface area (Å²) in [6.45, 7) is 10.7. The quantitative estimate of drug-likeness (QED) is 0.868. The second-order valence-corrected chi connectivity index (χ2v) is 7.13. The maximum atomic E-state index is 6.10. The lowest BCUT2D eigenvalue weighted by atomic mass is 9.94. The molecule has 0 unspecified atom stereocenters. The first-order chi connectivity index (χ1) is 10.1. The summed E-state index contributed by atoms with van der Waals surface area (Å²) < 4.78 is 0. The van der Waals surface area contributed by atoms with Gasteiger partial charge >= 0.3 is 0 Å². The van der Waals surface area contributed by atoms with Crippen molar-refractivity contribution in [2.24, 2.45) is 5.92 Å². The van der Waals surface area contributed by atoms with E-state index >= 15 is 0 Å². The van der Waals surface area contributed by atoms with E-state index in [0.29, 0.717) is 0 Å². The van der Waals surface area contributed by atoms with Gasteiger partial charge in [-0.3, -0.25) is 4.90 Å². The molecule has 0 amide bonds. The third-order valence-corrected chi connectivity index (χ3v) is 5.03. The van der Waals surface area contributed by atoms with Crippen LogP contribution in [0, 0.1) is 5.92 Å². The molecule has 3 heteroatoms. The maximum Gasteiger partial charge on any atom is 0.0350 e. The van der Waals surface area contributed by atoms with E-state index in [-0.39, 0.29) is 0 Å². The van der Waals surface area contributed by atoms with E-state index < -0.39 is 0 Å². The number of anilines is 1. The largest absolute Gasteiger partial charge is 0.398 e. The predicted octanol–water partition coefficient (Wildman–Crippen LogP) is 2.75. The average Bonchev–Trinajstić information content (AvgIpc) is 2.47. The molecule has 0 aliphatic carbocycles. The lowest BCUT2D eigenvalue weighted by Gasteiger charge is -2.41. The van der Waals surface area contributed by atoms with E-state index in [4.69, 9.17) is 5.73 Å². The van der Waals surface area contributed by atoms with Crippen LogP contribution in [-0.2, 0) is 13.0 Å². The number of likely N-dealkylation sites (tertiary alicyclic amines) is 1. The fourth-order valence-electron chi connectivity index (χ4n) is 3.96. The van der Waals surface area contributed by atoms with Gasteiger partial charge < -0.3 is 10.6 Å². The van der Waals surface area contributed by atoms with Crippen LogP contribution in [0.2, 0.25) is 0 Å². The Kier molecular flexibility index (Phi) is 4.51. The Morgan fingerprint density at radius 1 is 1.19 bits per heavy atom. The number of fused-ring (bicyclic) bond motifs is 1. The van der Waals surface area contributed by atoms with Crippen LogP contribution in [0.4, 0.5) is 5.69 Å². The van der Waals surface area contributed by atoms with E-state index in [1.54, 1.807) is 0 Å². The summed E-state index contributed by atoms with van der Waals surface area (Å²) in [4.78, 5) is 5.32. The first-order valence-electron chi connectivity index (χ1n) is 8.46. The summed E-state index contributed by atoms with van der Waals surface area (Å²) >= 11 is 0. The summed E-state index contributed by atoms with van der Waals surface area (Å²) in [5.74, 6) is 0.784. The summed E-state index contributed by atoms with van der Waals surface area (Å²) in [5, 5.41) is 0. The Bertz CT molecular complexity index is 475. The number of rotatable bonds is 3. The predicted molar refractivity (Wildman–Crippen MR) is 89.3 cm³/mol. The second-order valence-electron chi connectivity index (χ2n) is 7.13. The maximum absolute atomic E-state index is 6.10. The van der Waals surface area contributed by atoms with Gasteiger partial charge in [0, 0.05) is 31.4 Å². The molecular weight excluding hydrogens is 258 g/mol. The van der Waals surface area contributed by atoms with Crippen molar-refractivity contribution >= 4 is 5.69 Å². The highest BCUT2D eigenvalue weighted by Crippen LogP contribution is 2.28. The molecule has 0 spiro atoms. The minimum atomic E-state index is 0.767. The number of nitrogens with two attached hydrogens (primary N) is 1. The molecule has 1 fully saturated rings. The van der Waals surface area contributed by atoms with Gasteiger partial charge in [-0.1, -0.05) is 26.0 Å². The van der Waals surface area contributed by atoms with Gasteiger partial charge in [0.15, 0.2) is 0 Å². The smallest absolute Gasteiger partial charge is 0.0350 e. The molecule has 1 saturated heterocycles. The number of benzene rings is 1. The number of hydrogen-bond donors (Lipinski definition) is 1. The molecule has 3 rings (SSSR count). The fraction of sp³-hybridized carbons (Fsp3) is 0.667. The lowest BCUT2D eigenvalue weighted by Crippen LogP contribution is -2.47. The zero-order valence-electron chi connectivity index (χ0n) is 13.5. The van der Waals surface area contributed by atoms with Crippen molar-refractivity contribution in [1.82, 2.24) is 9.80 Å². The summed E-state index contributed by atoms with van der Waals surface area (Å²) in [6, 6.07) is 7.16. The highest BCUT2D eigenvalue weighted by Gasteiger charge is 2.27. The van der Waals surface area contributed by atoms with Gasteiger partial charge in [0.1, 0.15) is 0 Å². The van der Waals surface area contributed by atoms with Crippen molar-refractivity contribution in [3.05, 3.63) is 29.3 Å².